The molecule has 8 heteroatoms. The molecule has 1 fully saturated rings. The molecule has 2 heterocycles. The lowest BCUT2D eigenvalue weighted by atomic mass is 10.1. The van der Waals surface area contributed by atoms with Crippen molar-refractivity contribution in [3.05, 3.63) is 60.4 Å². The quantitative estimate of drug-likeness (QED) is 0.587. The topological polar surface area (TPSA) is 33.5 Å². The second kappa shape index (κ2) is 8.32. The third-order valence-electron chi connectivity index (χ3n) is 5.18. The number of fused-ring (bicyclic) bond motifs is 1. The summed E-state index contributed by atoms with van der Waals surface area (Å²) in [5.74, 6) is 0. The average Bonchev–Trinajstić information content (AvgIpc) is 3.14. The summed E-state index contributed by atoms with van der Waals surface area (Å²) in [6.45, 7) is 4.55. The Morgan fingerprint density at radius 3 is 2.55 bits per heavy atom. The molecule has 1 saturated heterocycles. The van der Waals surface area contributed by atoms with Gasteiger partial charge in [0.1, 0.15) is 18.5 Å². The molecule has 0 spiro atoms. The van der Waals surface area contributed by atoms with Crippen LogP contribution in [0.4, 0.5) is 18.9 Å². The van der Waals surface area contributed by atoms with Crippen LogP contribution in [0.5, 0.6) is 0 Å². The number of imidazole rings is 1. The van der Waals surface area contributed by atoms with Crippen LogP contribution in [-0.4, -0.2) is 53.9 Å². The molecule has 1 aliphatic heterocycles. The number of hydrogen-bond acceptors (Lipinski definition) is 4. The first-order valence-electron chi connectivity index (χ1n) is 9.71. The number of benzene rings is 2. The summed E-state index contributed by atoms with van der Waals surface area (Å²) in [6, 6.07) is 13.4. The van der Waals surface area contributed by atoms with Crippen LogP contribution in [0, 0.1) is 0 Å². The van der Waals surface area contributed by atoms with Crippen molar-refractivity contribution < 1.29 is 18.0 Å². The van der Waals surface area contributed by atoms with E-state index in [4.69, 9.17) is 4.84 Å². The maximum atomic E-state index is 12.9. The molecule has 0 aliphatic carbocycles. The van der Waals surface area contributed by atoms with E-state index >= 15 is 0 Å². The predicted molar refractivity (Wildman–Crippen MR) is 106 cm³/mol. The number of para-hydroxylation sites is 2. The van der Waals surface area contributed by atoms with Crippen molar-refractivity contribution in [2.75, 3.05) is 44.2 Å². The first-order chi connectivity index (χ1) is 14.0. The van der Waals surface area contributed by atoms with Gasteiger partial charge in [-0.1, -0.05) is 18.2 Å². The molecule has 1 aromatic heterocycles. The summed E-state index contributed by atoms with van der Waals surface area (Å²) in [4.78, 5) is 14.4. The van der Waals surface area contributed by atoms with Crippen molar-refractivity contribution >= 4 is 16.7 Å². The van der Waals surface area contributed by atoms with Crippen LogP contribution < -0.4 is 9.74 Å². The van der Waals surface area contributed by atoms with E-state index in [-0.39, 0.29) is 0 Å². The van der Waals surface area contributed by atoms with Crippen LogP contribution in [0.3, 0.4) is 0 Å². The summed E-state index contributed by atoms with van der Waals surface area (Å²) < 4.78 is 40.4. The van der Waals surface area contributed by atoms with E-state index in [2.05, 4.69) is 9.88 Å². The van der Waals surface area contributed by atoms with Gasteiger partial charge < -0.3 is 9.74 Å². The van der Waals surface area contributed by atoms with Gasteiger partial charge in [0.05, 0.1) is 11.1 Å². The predicted octanol–water partition coefficient (Wildman–Crippen LogP) is 3.70. The van der Waals surface area contributed by atoms with Crippen molar-refractivity contribution in [1.82, 2.24) is 14.6 Å². The van der Waals surface area contributed by atoms with Crippen LogP contribution >= 0.6 is 0 Å². The van der Waals surface area contributed by atoms with Gasteiger partial charge in [-0.3, -0.25) is 4.90 Å². The Morgan fingerprint density at radius 1 is 0.966 bits per heavy atom. The zero-order chi connectivity index (χ0) is 20.3. The molecule has 2 aromatic carbocycles. The molecule has 4 rings (SSSR count). The molecule has 0 radical (unpaired) electrons. The summed E-state index contributed by atoms with van der Waals surface area (Å²) in [6.07, 6.45) is -1.76. The number of rotatable bonds is 6. The summed E-state index contributed by atoms with van der Waals surface area (Å²) in [7, 11) is 0. The Labute approximate surface area is 167 Å². The highest BCUT2D eigenvalue weighted by atomic mass is 19.4. The lowest BCUT2D eigenvalue weighted by molar-refractivity contribution is -0.137. The first-order valence-corrected chi connectivity index (χ1v) is 9.71. The first kappa shape index (κ1) is 19.6. The molecule has 0 bridgehead atoms. The lowest BCUT2D eigenvalue weighted by Crippen LogP contribution is -2.46. The number of hydrogen-bond donors (Lipinski definition) is 0. The summed E-state index contributed by atoms with van der Waals surface area (Å²) in [5, 5.41) is 0. The van der Waals surface area contributed by atoms with Crippen LogP contribution in [0.2, 0.25) is 0 Å². The molecule has 5 nitrogen and oxygen atoms in total. The maximum Gasteiger partial charge on any atom is 0.416 e. The van der Waals surface area contributed by atoms with Crippen molar-refractivity contribution in [3.63, 3.8) is 0 Å². The maximum absolute atomic E-state index is 12.9. The van der Waals surface area contributed by atoms with E-state index in [1.165, 1.54) is 12.1 Å². The number of piperazine rings is 1. The summed E-state index contributed by atoms with van der Waals surface area (Å²) in [5.41, 5.74) is 1.89. The van der Waals surface area contributed by atoms with E-state index < -0.39 is 11.7 Å². The second-order valence-electron chi connectivity index (χ2n) is 7.12. The van der Waals surface area contributed by atoms with Crippen molar-refractivity contribution in [2.45, 2.75) is 12.6 Å². The van der Waals surface area contributed by atoms with Gasteiger partial charge in [-0.05, 0) is 36.8 Å². The molecule has 0 N–H and O–H groups in total. The Morgan fingerprint density at radius 2 is 1.76 bits per heavy atom. The molecule has 1 aliphatic rings. The zero-order valence-electron chi connectivity index (χ0n) is 16.0. The van der Waals surface area contributed by atoms with Crippen LogP contribution in [0.25, 0.3) is 11.0 Å². The average molecular weight is 404 g/mol. The third-order valence-corrected chi connectivity index (χ3v) is 5.18. The van der Waals surface area contributed by atoms with Gasteiger partial charge in [0, 0.05) is 38.4 Å². The molecule has 0 amide bonds. The van der Waals surface area contributed by atoms with E-state index in [0.717, 1.165) is 43.2 Å². The Kier molecular flexibility index (Phi) is 5.62. The SMILES string of the molecule is FC(F)(F)c1cccc(N2CCN(CCCOn3cnc4ccccc43)CC2)c1. The number of aromatic nitrogens is 2. The fraction of sp³-hybridized carbons (Fsp3) is 0.381. The lowest BCUT2D eigenvalue weighted by Gasteiger charge is -2.36. The number of anilines is 1. The largest absolute Gasteiger partial charge is 0.416 e. The molecular weight excluding hydrogens is 381 g/mol. The van der Waals surface area contributed by atoms with Gasteiger partial charge in [0.15, 0.2) is 0 Å². The summed E-state index contributed by atoms with van der Waals surface area (Å²) >= 11 is 0. The van der Waals surface area contributed by atoms with Gasteiger partial charge in [-0.15, -0.1) is 0 Å². The fourth-order valence-electron chi connectivity index (χ4n) is 3.60. The molecule has 0 atom stereocenters. The molecule has 3 aromatic rings. The molecule has 29 heavy (non-hydrogen) atoms. The van der Waals surface area contributed by atoms with Gasteiger partial charge in [-0.2, -0.15) is 17.9 Å². The highest BCUT2D eigenvalue weighted by Crippen LogP contribution is 2.31. The number of nitrogens with zero attached hydrogens (tertiary/aromatic N) is 4. The highest BCUT2D eigenvalue weighted by Gasteiger charge is 2.31. The Balaban J connectivity index is 1.22. The van der Waals surface area contributed by atoms with Gasteiger partial charge >= 0.3 is 6.18 Å². The van der Waals surface area contributed by atoms with Crippen LogP contribution in [0.1, 0.15) is 12.0 Å². The van der Waals surface area contributed by atoms with Crippen molar-refractivity contribution in [2.24, 2.45) is 0 Å². The minimum atomic E-state index is -4.31. The molecule has 0 unspecified atom stereocenters. The second-order valence-corrected chi connectivity index (χ2v) is 7.12. The minimum Gasteiger partial charge on any atom is -0.412 e. The van der Waals surface area contributed by atoms with E-state index in [0.29, 0.717) is 25.4 Å². The zero-order valence-corrected chi connectivity index (χ0v) is 16.0. The Hall–Kier alpha value is -2.74. The van der Waals surface area contributed by atoms with Crippen LogP contribution in [0.15, 0.2) is 54.9 Å². The molecular formula is C21H23F3N4O. The molecule has 154 valence electrons. The molecule has 0 saturated carbocycles. The fourth-order valence-corrected chi connectivity index (χ4v) is 3.60. The van der Waals surface area contributed by atoms with Crippen LogP contribution in [-0.2, 0) is 6.18 Å². The monoisotopic (exact) mass is 404 g/mol. The van der Waals surface area contributed by atoms with Gasteiger partial charge in [-0.25, -0.2) is 4.98 Å². The van der Waals surface area contributed by atoms with E-state index in [9.17, 15) is 13.2 Å². The van der Waals surface area contributed by atoms with E-state index in [1.54, 1.807) is 17.1 Å². The van der Waals surface area contributed by atoms with Gasteiger partial charge in [0.25, 0.3) is 0 Å². The normalized spacial score (nSPS) is 15.8. The number of alkyl halides is 3. The standard InChI is InChI=1S/C21H23F3N4O/c22-21(23,24)17-5-3-6-18(15-17)27-12-10-26(11-13-27)9-4-14-29-28-16-25-19-7-1-2-8-20(19)28/h1-3,5-8,15-16H,4,9-14H2. The number of halogens is 3. The third kappa shape index (κ3) is 4.64. The van der Waals surface area contributed by atoms with Gasteiger partial charge in [0.2, 0.25) is 0 Å². The highest BCUT2D eigenvalue weighted by molar-refractivity contribution is 5.74. The van der Waals surface area contributed by atoms with Crippen molar-refractivity contribution in [1.29, 1.82) is 0 Å². The Bertz CT molecular complexity index is 948. The van der Waals surface area contributed by atoms with Crippen molar-refractivity contribution in [3.8, 4) is 0 Å². The smallest absolute Gasteiger partial charge is 0.412 e. The van der Waals surface area contributed by atoms with E-state index in [1.807, 2.05) is 29.2 Å². The minimum absolute atomic E-state index is 0.578.